The number of carbonyl (C=O) groups excluding carboxylic acids is 2. The van der Waals surface area contributed by atoms with E-state index in [1.807, 2.05) is 12.1 Å². The Kier molecular flexibility index (Phi) is 6.36. The van der Waals surface area contributed by atoms with Gasteiger partial charge in [0.2, 0.25) is 11.8 Å². The molecular weight excluding hydrogens is 380 g/mol. The molecule has 0 aliphatic carbocycles. The van der Waals surface area contributed by atoms with Gasteiger partial charge in [-0.2, -0.15) is 0 Å². The van der Waals surface area contributed by atoms with Gasteiger partial charge in [-0.25, -0.2) is 4.98 Å². The minimum atomic E-state index is -0.204. The van der Waals surface area contributed by atoms with Gasteiger partial charge in [0.25, 0.3) is 0 Å². The maximum absolute atomic E-state index is 12.7. The summed E-state index contributed by atoms with van der Waals surface area (Å²) >= 11 is 5.89. The van der Waals surface area contributed by atoms with E-state index in [1.54, 1.807) is 24.4 Å². The molecule has 2 N–H and O–H groups in total. The number of benzene rings is 1. The van der Waals surface area contributed by atoms with E-state index < -0.39 is 0 Å². The number of methoxy groups -OCH3 is 1. The van der Waals surface area contributed by atoms with Gasteiger partial charge in [0.1, 0.15) is 11.6 Å². The maximum atomic E-state index is 12.7. The van der Waals surface area contributed by atoms with Gasteiger partial charge < -0.3 is 20.3 Å². The normalized spacial score (nSPS) is 14.5. The lowest BCUT2D eigenvalue weighted by atomic mass is 9.95. The molecule has 7 nitrogen and oxygen atoms in total. The third kappa shape index (κ3) is 4.92. The van der Waals surface area contributed by atoms with Crippen LogP contribution in [-0.2, 0) is 9.59 Å². The number of hydrogen-bond donors (Lipinski definition) is 2. The maximum Gasteiger partial charge on any atom is 0.227 e. The zero-order chi connectivity index (χ0) is 20.1. The predicted octanol–water partition coefficient (Wildman–Crippen LogP) is 3.56. The molecule has 148 valence electrons. The molecule has 1 saturated heterocycles. The largest absolute Gasteiger partial charge is 0.495 e. The summed E-state index contributed by atoms with van der Waals surface area (Å²) in [5.74, 6) is 1.11. The second-order valence-corrected chi connectivity index (χ2v) is 7.12. The highest BCUT2D eigenvalue weighted by atomic mass is 35.5. The number of carbonyl (C=O) groups is 2. The molecular formula is C20H23ClN4O3. The second-order valence-electron chi connectivity index (χ2n) is 6.68. The van der Waals surface area contributed by atoms with E-state index in [-0.39, 0.29) is 17.7 Å². The lowest BCUT2D eigenvalue weighted by Crippen LogP contribution is -2.38. The summed E-state index contributed by atoms with van der Waals surface area (Å²) < 4.78 is 5.24. The molecule has 0 saturated carbocycles. The van der Waals surface area contributed by atoms with E-state index in [0.29, 0.717) is 22.1 Å². The van der Waals surface area contributed by atoms with E-state index in [0.717, 1.165) is 31.7 Å². The van der Waals surface area contributed by atoms with Crippen molar-refractivity contribution in [2.24, 2.45) is 5.92 Å². The Morgan fingerprint density at radius 2 is 1.93 bits per heavy atom. The van der Waals surface area contributed by atoms with Crippen molar-refractivity contribution in [3.63, 3.8) is 0 Å². The number of aromatic nitrogens is 1. The zero-order valence-corrected chi connectivity index (χ0v) is 16.6. The van der Waals surface area contributed by atoms with Crippen LogP contribution >= 0.6 is 11.6 Å². The van der Waals surface area contributed by atoms with Crippen LogP contribution in [0.2, 0.25) is 5.02 Å². The predicted molar refractivity (Wildman–Crippen MR) is 110 cm³/mol. The lowest BCUT2D eigenvalue weighted by Gasteiger charge is -2.32. The highest BCUT2D eigenvalue weighted by Crippen LogP contribution is 2.29. The Morgan fingerprint density at radius 1 is 1.18 bits per heavy atom. The minimum absolute atomic E-state index is 0.0253. The fourth-order valence-electron chi connectivity index (χ4n) is 3.24. The van der Waals surface area contributed by atoms with Gasteiger partial charge in [0.05, 0.1) is 17.8 Å². The zero-order valence-electron chi connectivity index (χ0n) is 15.9. The van der Waals surface area contributed by atoms with Crippen molar-refractivity contribution in [1.82, 2.24) is 4.98 Å². The Hall–Kier alpha value is -2.80. The van der Waals surface area contributed by atoms with Gasteiger partial charge in [-0.05, 0) is 43.2 Å². The average Bonchev–Trinajstić information content (AvgIpc) is 2.68. The number of hydrogen-bond acceptors (Lipinski definition) is 5. The summed E-state index contributed by atoms with van der Waals surface area (Å²) in [5, 5.41) is 6.26. The van der Waals surface area contributed by atoms with Crippen LogP contribution in [0, 0.1) is 5.92 Å². The number of piperidine rings is 1. The summed E-state index contributed by atoms with van der Waals surface area (Å²) in [6, 6.07) is 8.89. The van der Waals surface area contributed by atoms with Crippen molar-refractivity contribution in [2.45, 2.75) is 19.8 Å². The molecule has 28 heavy (non-hydrogen) atoms. The van der Waals surface area contributed by atoms with Crippen molar-refractivity contribution in [2.75, 3.05) is 35.7 Å². The molecule has 1 aliphatic rings. The van der Waals surface area contributed by atoms with Crippen LogP contribution in [-0.4, -0.2) is 37.0 Å². The number of pyridine rings is 1. The smallest absolute Gasteiger partial charge is 0.227 e. The number of amides is 2. The standard InChI is InChI=1S/C20H23ClN4O3/c1-13(26)23-17-11-16(4-5-18(17)28-2)24-20(27)14-7-9-25(10-8-14)19-6-3-15(21)12-22-19/h3-6,11-12,14H,7-10H2,1-2H3,(H,23,26)(H,24,27). The average molecular weight is 403 g/mol. The van der Waals surface area contributed by atoms with Crippen LogP contribution in [0.4, 0.5) is 17.2 Å². The molecule has 8 heteroatoms. The molecule has 0 atom stereocenters. The molecule has 0 spiro atoms. The first-order chi connectivity index (χ1) is 13.5. The summed E-state index contributed by atoms with van der Waals surface area (Å²) in [5.41, 5.74) is 1.15. The van der Waals surface area contributed by atoms with Gasteiger partial charge in [-0.15, -0.1) is 0 Å². The lowest BCUT2D eigenvalue weighted by molar-refractivity contribution is -0.120. The summed E-state index contributed by atoms with van der Waals surface area (Å²) in [4.78, 5) is 30.5. The van der Waals surface area contributed by atoms with Crippen LogP contribution in [0.1, 0.15) is 19.8 Å². The monoisotopic (exact) mass is 402 g/mol. The first kappa shape index (κ1) is 19.9. The highest BCUT2D eigenvalue weighted by molar-refractivity contribution is 6.30. The summed E-state index contributed by atoms with van der Waals surface area (Å²) in [6.07, 6.45) is 3.11. The van der Waals surface area contributed by atoms with Crippen molar-refractivity contribution in [3.05, 3.63) is 41.6 Å². The van der Waals surface area contributed by atoms with E-state index in [2.05, 4.69) is 20.5 Å². The third-order valence-electron chi connectivity index (χ3n) is 4.68. The Bertz CT molecular complexity index is 849. The Balaban J connectivity index is 1.60. The molecule has 2 aromatic rings. The molecule has 0 bridgehead atoms. The minimum Gasteiger partial charge on any atom is -0.495 e. The van der Waals surface area contributed by atoms with Gasteiger partial charge in [-0.1, -0.05) is 11.6 Å². The first-order valence-corrected chi connectivity index (χ1v) is 9.47. The van der Waals surface area contributed by atoms with Gasteiger partial charge >= 0.3 is 0 Å². The molecule has 2 heterocycles. The molecule has 3 rings (SSSR count). The van der Waals surface area contributed by atoms with Gasteiger partial charge in [0.15, 0.2) is 0 Å². The number of halogens is 1. The molecule has 1 aromatic carbocycles. The van der Waals surface area contributed by atoms with Crippen LogP contribution in [0.3, 0.4) is 0 Å². The highest BCUT2D eigenvalue weighted by Gasteiger charge is 2.25. The summed E-state index contributed by atoms with van der Waals surface area (Å²) in [6.45, 7) is 2.94. The molecule has 0 unspecified atom stereocenters. The Morgan fingerprint density at radius 3 is 2.54 bits per heavy atom. The van der Waals surface area contributed by atoms with Crippen LogP contribution in [0.25, 0.3) is 0 Å². The Labute approximate surface area is 169 Å². The number of nitrogens with zero attached hydrogens (tertiary/aromatic N) is 2. The molecule has 2 amide bonds. The molecule has 1 aromatic heterocycles. The quantitative estimate of drug-likeness (QED) is 0.798. The molecule has 1 fully saturated rings. The molecule has 1 aliphatic heterocycles. The van der Waals surface area contributed by atoms with Crippen molar-refractivity contribution in [1.29, 1.82) is 0 Å². The van der Waals surface area contributed by atoms with Crippen LogP contribution in [0.5, 0.6) is 5.75 Å². The van der Waals surface area contributed by atoms with E-state index in [9.17, 15) is 9.59 Å². The fourth-order valence-corrected chi connectivity index (χ4v) is 3.36. The van der Waals surface area contributed by atoms with Crippen molar-refractivity contribution in [3.8, 4) is 5.75 Å². The topological polar surface area (TPSA) is 83.6 Å². The van der Waals surface area contributed by atoms with E-state index >= 15 is 0 Å². The summed E-state index contributed by atoms with van der Waals surface area (Å²) in [7, 11) is 1.53. The third-order valence-corrected chi connectivity index (χ3v) is 4.90. The van der Waals surface area contributed by atoms with Gasteiger partial charge in [-0.3, -0.25) is 9.59 Å². The number of nitrogens with one attached hydrogen (secondary N) is 2. The van der Waals surface area contributed by atoms with E-state index in [1.165, 1.54) is 14.0 Å². The number of ether oxygens (including phenoxy) is 1. The SMILES string of the molecule is COc1ccc(NC(=O)C2CCN(c3ccc(Cl)cn3)CC2)cc1NC(C)=O. The van der Waals surface area contributed by atoms with Crippen molar-refractivity contribution < 1.29 is 14.3 Å². The fraction of sp³-hybridized carbons (Fsp3) is 0.350. The first-order valence-electron chi connectivity index (χ1n) is 9.09. The molecule has 0 radical (unpaired) electrons. The van der Waals surface area contributed by atoms with Gasteiger partial charge in [0, 0.05) is 37.8 Å². The number of rotatable bonds is 5. The van der Waals surface area contributed by atoms with Crippen LogP contribution < -0.4 is 20.3 Å². The second kappa shape index (κ2) is 8.93. The number of anilines is 3. The van der Waals surface area contributed by atoms with E-state index in [4.69, 9.17) is 16.3 Å². The van der Waals surface area contributed by atoms with Crippen molar-refractivity contribution >= 4 is 40.6 Å². The van der Waals surface area contributed by atoms with Crippen LogP contribution in [0.15, 0.2) is 36.5 Å².